The van der Waals surface area contributed by atoms with Crippen molar-refractivity contribution in [3.63, 3.8) is 0 Å². The maximum absolute atomic E-state index is 13.2. The smallest absolute Gasteiger partial charge is 0.281 e. The van der Waals surface area contributed by atoms with Crippen LogP contribution in [0, 0.1) is 0 Å². The molecule has 0 unspecified atom stereocenters. The Labute approximate surface area is 206 Å². The van der Waals surface area contributed by atoms with Crippen LogP contribution in [0.15, 0.2) is 36.9 Å². The SMILES string of the molecule is CCOc1cncc(-c2cnc(C(=O)N[C@@]3(c4cc(NS(=O)(=O)C5CC5)ccn4)CCOC3)s2)n1. The molecule has 1 amide bonds. The topological polar surface area (TPSA) is 145 Å². The molecule has 11 nitrogen and oxygen atoms in total. The number of anilines is 1. The molecule has 5 rings (SSSR count). The van der Waals surface area contributed by atoms with E-state index in [0.717, 1.165) is 0 Å². The van der Waals surface area contributed by atoms with Gasteiger partial charge in [-0.3, -0.25) is 19.5 Å². The summed E-state index contributed by atoms with van der Waals surface area (Å²) in [5.74, 6) is 0.0150. The molecule has 35 heavy (non-hydrogen) atoms. The molecule has 13 heteroatoms. The van der Waals surface area contributed by atoms with Crippen LogP contribution in [-0.2, 0) is 20.3 Å². The minimum absolute atomic E-state index is 0.213. The molecule has 2 aliphatic rings. The Kier molecular flexibility index (Phi) is 6.38. The monoisotopic (exact) mass is 516 g/mol. The Balaban J connectivity index is 1.36. The van der Waals surface area contributed by atoms with Crippen molar-refractivity contribution in [1.82, 2.24) is 25.3 Å². The number of nitrogens with zero attached hydrogens (tertiary/aromatic N) is 4. The summed E-state index contributed by atoms with van der Waals surface area (Å²) < 4.78 is 38.4. The van der Waals surface area contributed by atoms with Gasteiger partial charge in [-0.15, -0.1) is 11.3 Å². The van der Waals surface area contributed by atoms with Crippen molar-refractivity contribution >= 4 is 33.0 Å². The van der Waals surface area contributed by atoms with E-state index in [1.54, 1.807) is 24.5 Å². The molecule has 184 valence electrons. The first-order valence-electron chi connectivity index (χ1n) is 11.2. The van der Waals surface area contributed by atoms with Gasteiger partial charge in [0, 0.05) is 25.4 Å². The van der Waals surface area contributed by atoms with Crippen molar-refractivity contribution in [3.8, 4) is 16.5 Å². The lowest BCUT2D eigenvalue weighted by Gasteiger charge is -2.28. The van der Waals surface area contributed by atoms with Gasteiger partial charge in [0.05, 0.1) is 47.1 Å². The van der Waals surface area contributed by atoms with E-state index >= 15 is 0 Å². The number of hydrogen-bond donors (Lipinski definition) is 2. The van der Waals surface area contributed by atoms with Gasteiger partial charge in [0.25, 0.3) is 5.91 Å². The number of nitrogens with one attached hydrogen (secondary N) is 2. The summed E-state index contributed by atoms with van der Waals surface area (Å²) in [6.45, 7) is 2.97. The Bertz CT molecular complexity index is 1340. The average molecular weight is 517 g/mol. The molecule has 1 saturated heterocycles. The molecule has 0 spiro atoms. The molecule has 2 N–H and O–H groups in total. The molecule has 4 heterocycles. The normalized spacial score (nSPS) is 19.9. The number of rotatable bonds is 9. The fraction of sp³-hybridized carbons (Fsp3) is 0.409. The zero-order chi connectivity index (χ0) is 24.5. The highest BCUT2D eigenvalue weighted by atomic mass is 32.2. The molecular formula is C22H24N6O5S2. The van der Waals surface area contributed by atoms with Gasteiger partial charge in [-0.25, -0.2) is 18.4 Å². The number of thiazole rings is 1. The highest BCUT2D eigenvalue weighted by Gasteiger charge is 2.41. The third kappa shape index (κ3) is 5.11. The fourth-order valence-corrected chi connectivity index (χ4v) is 5.91. The summed E-state index contributed by atoms with van der Waals surface area (Å²) in [5, 5.41) is 2.93. The van der Waals surface area contributed by atoms with E-state index in [2.05, 4.69) is 30.0 Å². The molecule has 3 aromatic heterocycles. The van der Waals surface area contributed by atoms with Crippen LogP contribution >= 0.6 is 11.3 Å². The lowest BCUT2D eigenvalue weighted by Crippen LogP contribution is -2.47. The van der Waals surface area contributed by atoms with Gasteiger partial charge >= 0.3 is 0 Å². The van der Waals surface area contributed by atoms with E-state index < -0.39 is 15.6 Å². The van der Waals surface area contributed by atoms with E-state index in [9.17, 15) is 13.2 Å². The number of pyridine rings is 1. The summed E-state index contributed by atoms with van der Waals surface area (Å²) in [7, 11) is -3.42. The maximum atomic E-state index is 13.2. The zero-order valence-electron chi connectivity index (χ0n) is 18.9. The predicted octanol–water partition coefficient (Wildman–Crippen LogP) is 2.34. The molecule has 1 aliphatic heterocycles. The predicted molar refractivity (Wildman–Crippen MR) is 129 cm³/mol. The molecule has 0 bridgehead atoms. The van der Waals surface area contributed by atoms with Crippen LogP contribution < -0.4 is 14.8 Å². The van der Waals surface area contributed by atoms with Gasteiger partial charge in [-0.05, 0) is 31.9 Å². The van der Waals surface area contributed by atoms with E-state index in [1.807, 2.05) is 6.92 Å². The van der Waals surface area contributed by atoms with Crippen LogP contribution in [0.3, 0.4) is 0 Å². The number of aromatic nitrogens is 4. The minimum Gasteiger partial charge on any atom is -0.477 e. The lowest BCUT2D eigenvalue weighted by molar-refractivity contribution is 0.0872. The lowest BCUT2D eigenvalue weighted by atomic mass is 9.93. The summed E-state index contributed by atoms with van der Waals surface area (Å²) >= 11 is 1.19. The molecule has 0 radical (unpaired) electrons. The van der Waals surface area contributed by atoms with Crippen LogP contribution in [0.25, 0.3) is 10.6 Å². The number of hydrogen-bond acceptors (Lipinski definition) is 10. The van der Waals surface area contributed by atoms with Crippen LogP contribution in [0.5, 0.6) is 5.88 Å². The van der Waals surface area contributed by atoms with E-state index in [4.69, 9.17) is 9.47 Å². The number of carbonyl (C=O) groups excluding carboxylic acids is 1. The second kappa shape index (κ2) is 9.47. The van der Waals surface area contributed by atoms with Gasteiger partial charge in [-0.2, -0.15) is 0 Å². The first kappa shape index (κ1) is 23.6. The molecule has 1 atom stereocenters. The van der Waals surface area contributed by atoms with E-state index in [0.29, 0.717) is 60.3 Å². The molecule has 1 saturated carbocycles. The van der Waals surface area contributed by atoms with Gasteiger partial charge in [0.1, 0.15) is 11.2 Å². The number of carbonyl (C=O) groups is 1. The van der Waals surface area contributed by atoms with Crippen LogP contribution in [-0.4, -0.2) is 59.3 Å². The highest BCUT2D eigenvalue weighted by molar-refractivity contribution is 7.93. The third-order valence-corrected chi connectivity index (χ3v) is 8.59. The van der Waals surface area contributed by atoms with Gasteiger partial charge < -0.3 is 14.8 Å². The second-order valence-electron chi connectivity index (χ2n) is 8.32. The maximum Gasteiger partial charge on any atom is 0.281 e. The van der Waals surface area contributed by atoms with Crippen molar-refractivity contribution in [2.24, 2.45) is 0 Å². The van der Waals surface area contributed by atoms with Crippen molar-refractivity contribution in [1.29, 1.82) is 0 Å². The summed E-state index contributed by atoms with van der Waals surface area (Å²) in [6, 6.07) is 3.25. The van der Waals surface area contributed by atoms with Crippen molar-refractivity contribution in [2.75, 3.05) is 24.5 Å². The highest BCUT2D eigenvalue weighted by Crippen LogP contribution is 2.34. The quantitative estimate of drug-likeness (QED) is 0.438. The van der Waals surface area contributed by atoms with Gasteiger partial charge in [0.2, 0.25) is 15.9 Å². The van der Waals surface area contributed by atoms with Gasteiger partial charge in [-0.1, -0.05) is 0 Å². The fourth-order valence-electron chi connectivity index (χ4n) is 3.76. The average Bonchev–Trinajstić information content (AvgIpc) is 3.41. The first-order chi connectivity index (χ1) is 16.9. The van der Waals surface area contributed by atoms with Crippen molar-refractivity contribution < 1.29 is 22.7 Å². The Hall–Kier alpha value is -3.16. The number of sulfonamides is 1. The summed E-state index contributed by atoms with van der Waals surface area (Å²) in [5.41, 5.74) is 0.584. The van der Waals surface area contributed by atoms with Crippen molar-refractivity contribution in [3.05, 3.63) is 47.6 Å². The Morgan fingerprint density at radius 1 is 1.29 bits per heavy atom. The molecule has 2 fully saturated rings. The zero-order valence-corrected chi connectivity index (χ0v) is 20.6. The first-order valence-corrected chi connectivity index (χ1v) is 13.5. The van der Waals surface area contributed by atoms with Crippen LogP contribution in [0.2, 0.25) is 0 Å². The standard InChI is InChI=1S/C22H24N6O5S2/c1-2-33-19-12-23-10-16(26-19)17-11-25-21(34-17)20(29)27-22(6-8-32-13-22)18-9-14(5-7-24-18)28-35(30,31)15-3-4-15/h5,7,9-12,15H,2-4,6,8,13H2,1H3,(H,24,28)(H,27,29)/t22-/m0/s1. The molecule has 3 aromatic rings. The minimum atomic E-state index is -3.42. The molecular weight excluding hydrogens is 492 g/mol. The Morgan fingerprint density at radius 3 is 2.89 bits per heavy atom. The van der Waals surface area contributed by atoms with Crippen LogP contribution in [0.4, 0.5) is 5.69 Å². The Morgan fingerprint density at radius 2 is 2.14 bits per heavy atom. The third-order valence-electron chi connectivity index (χ3n) is 5.71. The number of ether oxygens (including phenoxy) is 2. The molecule has 0 aromatic carbocycles. The van der Waals surface area contributed by atoms with Gasteiger partial charge in [0.15, 0.2) is 5.01 Å². The van der Waals surface area contributed by atoms with Crippen molar-refractivity contribution in [2.45, 2.75) is 37.0 Å². The summed E-state index contributed by atoms with van der Waals surface area (Å²) in [4.78, 5) is 31.1. The molecule has 1 aliphatic carbocycles. The van der Waals surface area contributed by atoms with E-state index in [1.165, 1.54) is 23.7 Å². The summed E-state index contributed by atoms with van der Waals surface area (Å²) in [6.07, 6.45) is 8.03. The van der Waals surface area contributed by atoms with E-state index in [-0.39, 0.29) is 22.8 Å². The van der Waals surface area contributed by atoms with Crippen LogP contribution in [0.1, 0.15) is 41.7 Å². The second-order valence-corrected chi connectivity index (χ2v) is 11.3. The number of amides is 1. The largest absolute Gasteiger partial charge is 0.477 e.